The molecule has 4 heteroatoms. The van der Waals surface area contributed by atoms with E-state index >= 15 is 0 Å². The van der Waals surface area contributed by atoms with E-state index in [0.717, 1.165) is 19.5 Å². The van der Waals surface area contributed by atoms with Crippen LogP contribution in [0.4, 0.5) is 0 Å². The zero-order valence-corrected chi connectivity index (χ0v) is 10.4. The van der Waals surface area contributed by atoms with Crippen molar-refractivity contribution in [3.63, 3.8) is 0 Å². The van der Waals surface area contributed by atoms with Crippen molar-refractivity contribution in [1.82, 2.24) is 9.96 Å². The van der Waals surface area contributed by atoms with Gasteiger partial charge in [0, 0.05) is 19.1 Å². The lowest BCUT2D eigenvalue weighted by Gasteiger charge is -2.31. The maximum Gasteiger partial charge on any atom is 0.250 e. The predicted molar refractivity (Wildman–Crippen MR) is 59.2 cm³/mol. The molecule has 0 aromatic heterocycles. The third kappa shape index (κ3) is 2.92. The lowest BCUT2D eigenvalue weighted by Crippen LogP contribution is -2.41. The van der Waals surface area contributed by atoms with Crippen LogP contribution in [0.5, 0.6) is 0 Å². The standard InChI is InChI=1S/C11H22N2O2/c1-11(2,3)13-7-6-9(8-13)10(14)12(4)15-5/h9H,6-8H2,1-5H3/t9-/m0/s1. The van der Waals surface area contributed by atoms with E-state index in [4.69, 9.17) is 4.84 Å². The quantitative estimate of drug-likeness (QED) is 0.646. The summed E-state index contributed by atoms with van der Waals surface area (Å²) in [6, 6.07) is 0. The molecule has 1 aliphatic heterocycles. The summed E-state index contributed by atoms with van der Waals surface area (Å²) in [6.45, 7) is 8.38. The number of rotatable bonds is 2. The fraction of sp³-hybridized carbons (Fsp3) is 0.909. The highest BCUT2D eigenvalue weighted by Gasteiger charge is 2.35. The Balaban J connectivity index is 2.53. The molecule has 0 aromatic carbocycles. The summed E-state index contributed by atoms with van der Waals surface area (Å²) in [7, 11) is 3.19. The Bertz CT molecular complexity index is 235. The number of carbonyl (C=O) groups excluding carboxylic acids is 1. The molecule has 1 rings (SSSR count). The molecule has 88 valence electrons. The Morgan fingerprint density at radius 2 is 2.07 bits per heavy atom. The van der Waals surface area contributed by atoms with E-state index in [1.54, 1.807) is 7.05 Å². The SMILES string of the molecule is CON(C)C(=O)[C@H]1CCN(C(C)(C)C)C1. The second-order valence-corrected chi connectivity index (χ2v) is 5.12. The van der Waals surface area contributed by atoms with E-state index in [0.29, 0.717) is 0 Å². The van der Waals surface area contributed by atoms with Crippen LogP contribution in [0.15, 0.2) is 0 Å². The van der Waals surface area contributed by atoms with Gasteiger partial charge in [-0.15, -0.1) is 0 Å². The predicted octanol–water partition coefficient (Wildman–Crippen LogP) is 1.13. The molecule has 1 fully saturated rings. The van der Waals surface area contributed by atoms with Crippen LogP contribution < -0.4 is 0 Å². The molecule has 0 aromatic rings. The minimum absolute atomic E-state index is 0.0873. The van der Waals surface area contributed by atoms with E-state index in [2.05, 4.69) is 25.7 Å². The van der Waals surface area contributed by atoms with Gasteiger partial charge in [0.05, 0.1) is 13.0 Å². The number of amides is 1. The van der Waals surface area contributed by atoms with Crippen molar-refractivity contribution in [2.45, 2.75) is 32.7 Å². The molecular formula is C11H22N2O2. The number of hydroxylamine groups is 2. The normalized spacial score (nSPS) is 23.1. The largest absolute Gasteiger partial charge is 0.298 e. The highest BCUT2D eigenvalue weighted by Crippen LogP contribution is 2.25. The minimum atomic E-state index is 0.0873. The smallest absolute Gasteiger partial charge is 0.250 e. The van der Waals surface area contributed by atoms with Crippen LogP contribution in [0, 0.1) is 5.92 Å². The van der Waals surface area contributed by atoms with Crippen LogP contribution in [-0.2, 0) is 9.63 Å². The van der Waals surface area contributed by atoms with Crippen LogP contribution in [0.25, 0.3) is 0 Å². The zero-order valence-electron chi connectivity index (χ0n) is 10.4. The van der Waals surface area contributed by atoms with E-state index in [-0.39, 0.29) is 17.4 Å². The second kappa shape index (κ2) is 4.49. The molecule has 0 unspecified atom stereocenters. The lowest BCUT2D eigenvalue weighted by molar-refractivity contribution is -0.173. The molecule has 1 saturated heterocycles. The van der Waals surface area contributed by atoms with Gasteiger partial charge in [0.15, 0.2) is 0 Å². The maximum absolute atomic E-state index is 11.8. The van der Waals surface area contributed by atoms with Crippen molar-refractivity contribution in [1.29, 1.82) is 0 Å². The Hall–Kier alpha value is -0.610. The first-order valence-corrected chi connectivity index (χ1v) is 5.43. The molecule has 0 radical (unpaired) electrons. The number of likely N-dealkylation sites (tertiary alicyclic amines) is 1. The molecule has 15 heavy (non-hydrogen) atoms. The third-order valence-corrected chi connectivity index (χ3v) is 3.07. The van der Waals surface area contributed by atoms with E-state index in [1.165, 1.54) is 12.2 Å². The molecule has 0 spiro atoms. The Kier molecular flexibility index (Phi) is 3.73. The third-order valence-electron chi connectivity index (χ3n) is 3.07. The molecule has 1 aliphatic rings. The van der Waals surface area contributed by atoms with Gasteiger partial charge in [-0.25, -0.2) is 5.06 Å². The first-order chi connectivity index (χ1) is 6.86. The van der Waals surface area contributed by atoms with Gasteiger partial charge in [-0.1, -0.05) is 0 Å². The van der Waals surface area contributed by atoms with E-state index in [1.807, 2.05) is 0 Å². The number of hydrogen-bond acceptors (Lipinski definition) is 3. The number of nitrogens with zero attached hydrogens (tertiary/aromatic N) is 2. The average molecular weight is 214 g/mol. The fourth-order valence-corrected chi connectivity index (χ4v) is 1.92. The van der Waals surface area contributed by atoms with Gasteiger partial charge in [-0.2, -0.15) is 0 Å². The Morgan fingerprint density at radius 1 is 1.47 bits per heavy atom. The van der Waals surface area contributed by atoms with Crippen molar-refractivity contribution in [2.75, 3.05) is 27.2 Å². The molecule has 0 saturated carbocycles. The average Bonchev–Trinajstić information content (AvgIpc) is 2.63. The summed E-state index contributed by atoms with van der Waals surface area (Å²) < 4.78 is 0. The van der Waals surface area contributed by atoms with Crippen LogP contribution in [0.2, 0.25) is 0 Å². The topological polar surface area (TPSA) is 32.8 Å². The van der Waals surface area contributed by atoms with Crippen molar-refractivity contribution in [3.8, 4) is 0 Å². The van der Waals surface area contributed by atoms with Gasteiger partial charge >= 0.3 is 0 Å². The van der Waals surface area contributed by atoms with E-state index < -0.39 is 0 Å². The Labute approximate surface area is 92.1 Å². The molecule has 4 nitrogen and oxygen atoms in total. The van der Waals surface area contributed by atoms with Crippen LogP contribution >= 0.6 is 0 Å². The van der Waals surface area contributed by atoms with Gasteiger partial charge in [-0.05, 0) is 33.7 Å². The summed E-state index contributed by atoms with van der Waals surface area (Å²) in [5, 5.41) is 1.33. The van der Waals surface area contributed by atoms with Crippen molar-refractivity contribution < 1.29 is 9.63 Å². The van der Waals surface area contributed by atoms with Crippen LogP contribution in [-0.4, -0.2) is 48.7 Å². The van der Waals surface area contributed by atoms with E-state index in [9.17, 15) is 4.79 Å². The van der Waals surface area contributed by atoms with Crippen molar-refractivity contribution in [2.24, 2.45) is 5.92 Å². The van der Waals surface area contributed by atoms with Gasteiger partial charge in [0.1, 0.15) is 0 Å². The lowest BCUT2D eigenvalue weighted by atomic mass is 10.1. The molecular weight excluding hydrogens is 192 g/mol. The highest BCUT2D eigenvalue weighted by atomic mass is 16.7. The van der Waals surface area contributed by atoms with Gasteiger partial charge in [0.2, 0.25) is 5.91 Å². The van der Waals surface area contributed by atoms with Gasteiger partial charge in [-0.3, -0.25) is 14.5 Å². The molecule has 0 N–H and O–H groups in total. The summed E-state index contributed by atoms with van der Waals surface area (Å²) in [5.41, 5.74) is 0.153. The fourth-order valence-electron chi connectivity index (χ4n) is 1.92. The maximum atomic E-state index is 11.8. The molecule has 0 aliphatic carbocycles. The van der Waals surface area contributed by atoms with Crippen LogP contribution in [0.3, 0.4) is 0 Å². The summed E-state index contributed by atoms with van der Waals surface area (Å²) >= 11 is 0. The van der Waals surface area contributed by atoms with Gasteiger partial charge in [0.25, 0.3) is 0 Å². The summed E-state index contributed by atoms with van der Waals surface area (Å²) in [4.78, 5) is 19.1. The molecule has 1 atom stereocenters. The molecule has 1 heterocycles. The highest BCUT2D eigenvalue weighted by molar-refractivity contribution is 5.78. The number of carbonyl (C=O) groups is 1. The first-order valence-electron chi connectivity index (χ1n) is 5.43. The summed E-state index contributed by atoms with van der Waals surface area (Å²) in [6.07, 6.45) is 0.934. The van der Waals surface area contributed by atoms with Crippen molar-refractivity contribution >= 4 is 5.91 Å². The number of hydrogen-bond donors (Lipinski definition) is 0. The zero-order chi connectivity index (χ0) is 11.6. The monoisotopic (exact) mass is 214 g/mol. The van der Waals surface area contributed by atoms with Crippen LogP contribution in [0.1, 0.15) is 27.2 Å². The second-order valence-electron chi connectivity index (χ2n) is 5.12. The minimum Gasteiger partial charge on any atom is -0.298 e. The molecule has 0 bridgehead atoms. The summed E-state index contributed by atoms with van der Waals surface area (Å²) in [5.74, 6) is 0.179. The first kappa shape index (κ1) is 12.5. The van der Waals surface area contributed by atoms with Gasteiger partial charge < -0.3 is 0 Å². The Morgan fingerprint density at radius 3 is 2.47 bits per heavy atom. The van der Waals surface area contributed by atoms with Crippen molar-refractivity contribution in [3.05, 3.63) is 0 Å². The molecule has 1 amide bonds.